The molecule has 2 fully saturated rings. The maximum absolute atomic E-state index is 11.3. The van der Waals surface area contributed by atoms with Gasteiger partial charge in [-0.25, -0.2) is 4.79 Å². The molecule has 74 valence electrons. The molecular formula is C9H17N3O. The van der Waals surface area contributed by atoms with Gasteiger partial charge in [-0.05, 0) is 19.3 Å². The number of hydrogen-bond acceptors (Lipinski definition) is 2. The Bertz CT molecular complexity index is 201. The van der Waals surface area contributed by atoms with E-state index < -0.39 is 0 Å². The van der Waals surface area contributed by atoms with Gasteiger partial charge in [-0.15, -0.1) is 0 Å². The van der Waals surface area contributed by atoms with Crippen molar-refractivity contribution >= 4 is 6.03 Å². The van der Waals surface area contributed by atoms with E-state index in [0.717, 1.165) is 19.3 Å². The van der Waals surface area contributed by atoms with Crippen molar-refractivity contribution in [1.29, 1.82) is 0 Å². The van der Waals surface area contributed by atoms with Crippen LogP contribution in [0.1, 0.15) is 32.1 Å². The van der Waals surface area contributed by atoms with Gasteiger partial charge >= 0.3 is 6.03 Å². The molecule has 4 nitrogen and oxygen atoms in total. The fourth-order valence-corrected chi connectivity index (χ4v) is 1.85. The van der Waals surface area contributed by atoms with Crippen molar-refractivity contribution in [2.24, 2.45) is 5.73 Å². The molecule has 2 amide bonds. The summed E-state index contributed by atoms with van der Waals surface area (Å²) < 4.78 is 0. The van der Waals surface area contributed by atoms with Gasteiger partial charge in [0.25, 0.3) is 0 Å². The first kappa shape index (κ1) is 8.81. The van der Waals surface area contributed by atoms with Crippen LogP contribution in [0, 0.1) is 0 Å². The van der Waals surface area contributed by atoms with Crippen molar-refractivity contribution < 1.29 is 4.79 Å². The lowest BCUT2D eigenvalue weighted by Gasteiger charge is -2.12. The number of nitrogens with two attached hydrogens (primary N) is 1. The molecule has 4 heteroatoms. The predicted octanol–water partition coefficient (Wildman–Crippen LogP) is 0.328. The summed E-state index contributed by atoms with van der Waals surface area (Å²) in [4.78, 5) is 11.3. The quantitative estimate of drug-likeness (QED) is 0.577. The highest BCUT2D eigenvalue weighted by Gasteiger charge is 2.35. The molecule has 0 heterocycles. The summed E-state index contributed by atoms with van der Waals surface area (Å²) in [5.41, 5.74) is 5.58. The number of urea groups is 1. The zero-order valence-corrected chi connectivity index (χ0v) is 7.75. The smallest absolute Gasteiger partial charge is 0.315 e. The van der Waals surface area contributed by atoms with Gasteiger partial charge in [-0.2, -0.15) is 0 Å². The largest absolute Gasteiger partial charge is 0.335 e. The van der Waals surface area contributed by atoms with Crippen LogP contribution in [0.3, 0.4) is 0 Å². The summed E-state index contributed by atoms with van der Waals surface area (Å²) in [7, 11) is 0. The van der Waals surface area contributed by atoms with Crippen LogP contribution in [0.15, 0.2) is 0 Å². The lowest BCUT2D eigenvalue weighted by atomic mass is 10.2. The summed E-state index contributed by atoms with van der Waals surface area (Å²) in [5, 5.41) is 5.82. The van der Waals surface area contributed by atoms with Crippen LogP contribution >= 0.6 is 0 Å². The fraction of sp³-hybridized carbons (Fsp3) is 0.889. The molecular weight excluding hydrogens is 166 g/mol. The zero-order valence-electron chi connectivity index (χ0n) is 7.75. The Morgan fingerprint density at radius 1 is 1.23 bits per heavy atom. The first-order valence-corrected chi connectivity index (χ1v) is 5.08. The number of amides is 2. The average Bonchev–Trinajstić information content (AvgIpc) is 2.61. The second kappa shape index (κ2) is 3.54. The van der Waals surface area contributed by atoms with Gasteiger partial charge in [0, 0.05) is 18.1 Å². The van der Waals surface area contributed by atoms with E-state index in [2.05, 4.69) is 10.6 Å². The number of nitrogens with one attached hydrogen (secondary N) is 2. The Morgan fingerprint density at radius 3 is 2.38 bits per heavy atom. The lowest BCUT2D eigenvalue weighted by molar-refractivity contribution is 0.236. The van der Waals surface area contributed by atoms with Gasteiger partial charge in [-0.3, -0.25) is 0 Å². The van der Waals surface area contributed by atoms with E-state index in [1.807, 2.05) is 0 Å². The van der Waals surface area contributed by atoms with E-state index in [-0.39, 0.29) is 18.1 Å². The minimum absolute atomic E-state index is 0.0372. The minimum atomic E-state index is -0.0372. The van der Waals surface area contributed by atoms with Crippen LogP contribution in [0.25, 0.3) is 0 Å². The molecule has 0 saturated heterocycles. The van der Waals surface area contributed by atoms with Crippen molar-refractivity contribution in [1.82, 2.24) is 10.6 Å². The van der Waals surface area contributed by atoms with E-state index in [1.165, 1.54) is 12.8 Å². The van der Waals surface area contributed by atoms with Crippen LogP contribution < -0.4 is 16.4 Å². The van der Waals surface area contributed by atoms with Crippen LogP contribution in [0.5, 0.6) is 0 Å². The highest BCUT2D eigenvalue weighted by molar-refractivity contribution is 5.75. The van der Waals surface area contributed by atoms with Crippen molar-refractivity contribution in [3.8, 4) is 0 Å². The molecule has 0 aliphatic heterocycles. The number of carbonyl (C=O) groups excluding carboxylic acids is 1. The highest BCUT2D eigenvalue weighted by Crippen LogP contribution is 2.19. The van der Waals surface area contributed by atoms with Crippen molar-refractivity contribution in [3.05, 3.63) is 0 Å². The van der Waals surface area contributed by atoms with E-state index in [4.69, 9.17) is 5.73 Å². The molecule has 2 aliphatic rings. The third-order valence-corrected chi connectivity index (χ3v) is 2.85. The summed E-state index contributed by atoms with van der Waals surface area (Å²) in [5.74, 6) is 0. The molecule has 4 N–H and O–H groups in total. The monoisotopic (exact) mass is 183 g/mol. The van der Waals surface area contributed by atoms with Crippen molar-refractivity contribution in [2.75, 3.05) is 0 Å². The third kappa shape index (κ3) is 2.34. The normalized spacial score (nSPS) is 33.0. The molecule has 0 aromatic heterocycles. The second-order valence-corrected chi connectivity index (χ2v) is 4.11. The highest BCUT2D eigenvalue weighted by atomic mass is 16.2. The van der Waals surface area contributed by atoms with E-state index in [0.29, 0.717) is 6.04 Å². The Labute approximate surface area is 78.2 Å². The molecule has 2 atom stereocenters. The number of rotatable bonds is 2. The van der Waals surface area contributed by atoms with E-state index >= 15 is 0 Å². The molecule has 2 rings (SSSR count). The molecule has 13 heavy (non-hydrogen) atoms. The van der Waals surface area contributed by atoms with Gasteiger partial charge in [0.1, 0.15) is 0 Å². The minimum Gasteiger partial charge on any atom is -0.335 e. The average molecular weight is 183 g/mol. The second-order valence-electron chi connectivity index (χ2n) is 4.11. The van der Waals surface area contributed by atoms with Gasteiger partial charge in [-0.1, -0.05) is 12.8 Å². The van der Waals surface area contributed by atoms with Crippen molar-refractivity contribution in [2.45, 2.75) is 50.2 Å². The standard InChI is InChI=1S/C9H17N3O/c10-7-5-8(7)12-9(13)11-6-3-1-2-4-6/h6-8H,1-5,10H2,(H2,11,12,13). The summed E-state index contributed by atoms with van der Waals surface area (Å²) in [6, 6.07) is 0.774. The van der Waals surface area contributed by atoms with Crippen LogP contribution in [-0.4, -0.2) is 24.2 Å². The number of carbonyl (C=O) groups is 1. The molecule has 0 aromatic carbocycles. The summed E-state index contributed by atoms with van der Waals surface area (Å²) in [6.45, 7) is 0. The van der Waals surface area contributed by atoms with Crippen molar-refractivity contribution in [3.63, 3.8) is 0 Å². The van der Waals surface area contributed by atoms with Gasteiger partial charge in [0.2, 0.25) is 0 Å². The molecule has 0 spiro atoms. The topological polar surface area (TPSA) is 67.1 Å². The third-order valence-electron chi connectivity index (χ3n) is 2.85. The lowest BCUT2D eigenvalue weighted by Crippen LogP contribution is -2.43. The Kier molecular flexibility index (Phi) is 2.40. The van der Waals surface area contributed by atoms with E-state index in [9.17, 15) is 4.79 Å². The SMILES string of the molecule is NC1CC1NC(=O)NC1CCCC1. The molecule has 0 radical (unpaired) electrons. The maximum Gasteiger partial charge on any atom is 0.315 e. The van der Waals surface area contributed by atoms with E-state index in [1.54, 1.807) is 0 Å². The van der Waals surface area contributed by atoms with Crippen LogP contribution in [-0.2, 0) is 0 Å². The molecule has 2 unspecified atom stereocenters. The fourth-order valence-electron chi connectivity index (χ4n) is 1.85. The first-order valence-electron chi connectivity index (χ1n) is 5.08. The van der Waals surface area contributed by atoms with Crippen LogP contribution in [0.2, 0.25) is 0 Å². The first-order chi connectivity index (χ1) is 6.25. The summed E-state index contributed by atoms with van der Waals surface area (Å²) >= 11 is 0. The van der Waals surface area contributed by atoms with Gasteiger partial charge in [0.15, 0.2) is 0 Å². The predicted molar refractivity (Wildman–Crippen MR) is 50.3 cm³/mol. The zero-order chi connectivity index (χ0) is 9.26. The summed E-state index contributed by atoms with van der Waals surface area (Å²) in [6.07, 6.45) is 5.67. The Balaban J connectivity index is 1.66. The Hall–Kier alpha value is -0.770. The maximum atomic E-state index is 11.3. The molecule has 2 aliphatic carbocycles. The molecule has 2 saturated carbocycles. The van der Waals surface area contributed by atoms with Gasteiger partial charge < -0.3 is 16.4 Å². The van der Waals surface area contributed by atoms with Crippen LogP contribution in [0.4, 0.5) is 4.79 Å². The molecule has 0 bridgehead atoms. The number of hydrogen-bond donors (Lipinski definition) is 3. The molecule has 0 aromatic rings. The van der Waals surface area contributed by atoms with Gasteiger partial charge in [0.05, 0.1) is 0 Å². The Morgan fingerprint density at radius 2 is 1.85 bits per heavy atom.